The Kier molecular flexibility index (Phi) is 39.7. The largest absolute Gasteiger partial charge is 0.481 e. The first-order valence-electron chi connectivity index (χ1n) is 29.7. The molecule has 0 aliphatic carbocycles. The van der Waals surface area contributed by atoms with Gasteiger partial charge in [-0.15, -0.1) is 0 Å². The van der Waals surface area contributed by atoms with Gasteiger partial charge in [-0.1, -0.05) is 0 Å². The minimum atomic E-state index is -2.49. The standard InChI is InChI=1S/C52H83N21O28/c1-19(63-40(91)21(6-3-9-61-51(56)57)65-41(92)22(7-4-10-62-52(58)59)64-39(90)20(53)5-2-8-60-50(54)55)38(89)66-23(11-31(75)76)42(93)70-28(16-36(85)86)47(98)73-30(18-74)48(99)71-26(14-34(81)82)45(96)68-24(12-32(77)78)43(94)67-25(13-33(79)80)44(95)69-27(15-35(83)84)46(97)72-29(49(100)101)17-37(87)88/h19-30,74H,2-18,53H2,1H3,(H,63,91)(H,64,90)(H,65,92)(H,66,89)(H,67,94)(H,68,96)(H,69,95)(H,70,93)(H,71,99)(H,72,97)(H,73,98)(H,75,76)(H,77,78)(H,79,80)(H,81,82)(H,83,84)(H,85,86)(H,87,88)(H,100,101)(H4,54,55,60)(H4,56,57,61)(H4,58,59,62). The van der Waals surface area contributed by atoms with Crippen molar-refractivity contribution in [1.82, 2.24) is 74.4 Å². The molecule has 0 rings (SSSR count). The van der Waals surface area contributed by atoms with E-state index in [9.17, 15) is 132 Å². The highest BCUT2D eigenvalue weighted by atomic mass is 16.4. The van der Waals surface area contributed by atoms with E-state index >= 15 is 0 Å². The van der Waals surface area contributed by atoms with Crippen LogP contribution in [-0.4, -0.2) is 275 Å². The highest BCUT2D eigenvalue weighted by Gasteiger charge is 2.39. The van der Waals surface area contributed by atoms with Gasteiger partial charge in [0.1, 0.15) is 66.5 Å². The second kappa shape index (κ2) is 45.2. The number of carboxylic acids is 8. The number of guanidine groups is 3. The lowest BCUT2D eigenvalue weighted by Gasteiger charge is -2.27. The number of aliphatic hydroxyl groups excluding tert-OH is 1. The lowest BCUT2D eigenvalue weighted by molar-refractivity contribution is -0.148. The van der Waals surface area contributed by atoms with Gasteiger partial charge in [-0.05, 0) is 45.4 Å². The smallest absolute Gasteiger partial charge is 0.326 e. The highest BCUT2D eigenvalue weighted by Crippen LogP contribution is 2.09. The number of carbonyl (C=O) groups is 19. The molecule has 49 nitrogen and oxygen atoms in total. The third kappa shape index (κ3) is 37.7. The number of nitrogens with two attached hydrogens (primary N) is 4. The lowest BCUT2D eigenvalue weighted by atomic mass is 10.1. The van der Waals surface area contributed by atoms with Gasteiger partial charge < -0.3 is 143 Å². The molecule has 0 aliphatic rings. The van der Waals surface area contributed by atoms with Gasteiger partial charge in [-0.3, -0.25) is 103 Å². The van der Waals surface area contributed by atoms with Gasteiger partial charge in [0.15, 0.2) is 17.9 Å². The molecule has 34 N–H and O–H groups in total. The van der Waals surface area contributed by atoms with E-state index in [1.165, 1.54) is 0 Å². The molecule has 0 aromatic rings. The number of rotatable bonds is 50. The van der Waals surface area contributed by atoms with Crippen LogP contribution in [0.5, 0.6) is 0 Å². The predicted octanol–water partition coefficient (Wildman–Crippen LogP) is -13.1. The van der Waals surface area contributed by atoms with E-state index in [2.05, 4.69) is 31.9 Å². The lowest BCUT2D eigenvalue weighted by Crippen LogP contribution is -2.61. The van der Waals surface area contributed by atoms with Crippen molar-refractivity contribution in [2.45, 2.75) is 163 Å². The van der Waals surface area contributed by atoms with Gasteiger partial charge in [-0.25, -0.2) is 4.79 Å². The Morgan fingerprint density at radius 3 is 0.772 bits per heavy atom. The van der Waals surface area contributed by atoms with Gasteiger partial charge >= 0.3 is 47.8 Å². The number of carboxylic acid groups (broad SMARTS) is 8. The van der Waals surface area contributed by atoms with Crippen molar-refractivity contribution in [3.05, 3.63) is 0 Å². The van der Waals surface area contributed by atoms with Crippen LogP contribution in [0.2, 0.25) is 0 Å². The van der Waals surface area contributed by atoms with E-state index in [0.717, 1.165) is 6.92 Å². The summed E-state index contributed by atoms with van der Waals surface area (Å²) in [6.45, 7) is -0.383. The fraction of sp³-hybridized carbons (Fsp3) is 0.577. The fourth-order valence-electron chi connectivity index (χ4n) is 8.28. The van der Waals surface area contributed by atoms with E-state index in [4.69, 9.17) is 44.3 Å². The molecule has 0 spiro atoms. The van der Waals surface area contributed by atoms with Crippen LogP contribution in [0.25, 0.3) is 0 Å². The predicted molar refractivity (Wildman–Crippen MR) is 333 cm³/mol. The Balaban J connectivity index is 6.79. The first-order valence-corrected chi connectivity index (χ1v) is 29.7. The molecular weight excluding hydrogens is 1370 g/mol. The van der Waals surface area contributed by atoms with Gasteiger partial charge in [0.2, 0.25) is 65.0 Å². The molecule has 0 aliphatic heterocycles. The second-order valence-electron chi connectivity index (χ2n) is 21.6. The van der Waals surface area contributed by atoms with E-state index in [0.29, 0.717) is 0 Å². The number of hydrogen-bond acceptors (Lipinski definition) is 24. The monoisotopic (exact) mass is 1450 g/mol. The first-order chi connectivity index (χ1) is 47.0. The quantitative estimate of drug-likeness (QED) is 0.0153. The summed E-state index contributed by atoms with van der Waals surface area (Å²) in [5.41, 5.74) is 22.0. The molecule has 12 atom stereocenters. The van der Waals surface area contributed by atoms with Crippen molar-refractivity contribution in [1.29, 1.82) is 16.2 Å². The Bertz CT molecular complexity index is 3100. The molecule has 0 heterocycles. The summed E-state index contributed by atoms with van der Waals surface area (Å²) in [5.74, 6) is -32.8. The van der Waals surface area contributed by atoms with Crippen LogP contribution in [0.15, 0.2) is 0 Å². The number of hydrogen-bond donors (Lipinski definition) is 30. The van der Waals surface area contributed by atoms with E-state index in [1.807, 2.05) is 10.6 Å². The third-order valence-electron chi connectivity index (χ3n) is 13.2. The van der Waals surface area contributed by atoms with Gasteiger partial charge in [0.25, 0.3) is 0 Å². The van der Waals surface area contributed by atoms with E-state index < -0.39 is 249 Å². The molecule has 0 saturated heterocycles. The zero-order valence-corrected chi connectivity index (χ0v) is 53.5. The summed E-state index contributed by atoms with van der Waals surface area (Å²) in [5, 5.41) is 137. The average Bonchev–Trinajstić information content (AvgIpc) is 0.863. The zero-order valence-electron chi connectivity index (χ0n) is 53.5. The SMILES string of the molecule is CC(NC(=O)C(CCCNC(=N)N)NC(=O)C(CCCNC(=N)N)NC(=O)C(N)CCCNC(=N)N)C(=O)NC(CC(=O)O)C(=O)NC(CC(=O)O)C(=O)NC(CO)C(=O)NC(CC(=O)O)C(=O)NC(CC(=O)O)C(=O)NC(CC(=O)O)C(=O)NC(CC(=O)O)C(=O)NC(CC(=O)O)C(=O)O. The van der Waals surface area contributed by atoms with Crippen LogP contribution in [0.4, 0.5) is 0 Å². The third-order valence-corrected chi connectivity index (χ3v) is 13.2. The van der Waals surface area contributed by atoms with Crippen LogP contribution in [0.1, 0.15) is 90.4 Å². The molecule has 0 aromatic heterocycles. The van der Waals surface area contributed by atoms with Crippen LogP contribution < -0.4 is 97.4 Å². The minimum Gasteiger partial charge on any atom is -0.481 e. The molecule has 101 heavy (non-hydrogen) atoms. The second-order valence-corrected chi connectivity index (χ2v) is 21.6. The van der Waals surface area contributed by atoms with Crippen LogP contribution >= 0.6 is 0 Å². The molecule has 0 aromatic carbocycles. The van der Waals surface area contributed by atoms with Gasteiger partial charge in [-0.2, -0.15) is 0 Å². The molecule has 564 valence electrons. The molecule has 0 fully saturated rings. The molecule has 0 bridgehead atoms. The van der Waals surface area contributed by atoms with Crippen molar-refractivity contribution in [3.63, 3.8) is 0 Å². The Labute approximate surface area is 569 Å². The van der Waals surface area contributed by atoms with E-state index in [-0.39, 0.29) is 64.1 Å². The maximum absolute atomic E-state index is 13.9. The van der Waals surface area contributed by atoms with Crippen molar-refractivity contribution in [3.8, 4) is 0 Å². The zero-order chi connectivity index (χ0) is 77.6. The number of carbonyl (C=O) groups excluding carboxylic acids is 11. The van der Waals surface area contributed by atoms with Gasteiger partial charge in [0, 0.05) is 19.6 Å². The molecule has 11 amide bonds. The fourth-order valence-corrected chi connectivity index (χ4v) is 8.28. The topological polar surface area (TPSA) is 850 Å². The number of aliphatic hydroxyl groups is 1. The number of aliphatic carboxylic acids is 8. The summed E-state index contributed by atoms with van der Waals surface area (Å²) < 4.78 is 0. The Morgan fingerprint density at radius 2 is 0.505 bits per heavy atom. The summed E-state index contributed by atoms with van der Waals surface area (Å²) in [7, 11) is 0. The van der Waals surface area contributed by atoms with Crippen molar-refractivity contribution < 1.29 is 137 Å². The minimum absolute atomic E-state index is 0.0129. The number of amides is 11. The maximum atomic E-state index is 13.9. The van der Waals surface area contributed by atoms with Crippen LogP contribution in [0.3, 0.4) is 0 Å². The average molecular weight is 1450 g/mol. The van der Waals surface area contributed by atoms with Gasteiger partial charge in [0.05, 0.1) is 57.6 Å². The maximum Gasteiger partial charge on any atom is 0.326 e. The summed E-state index contributed by atoms with van der Waals surface area (Å²) >= 11 is 0. The van der Waals surface area contributed by atoms with E-state index in [1.54, 1.807) is 31.9 Å². The molecular formula is C52H83N21O28. The summed E-state index contributed by atoms with van der Waals surface area (Å²) in [6, 6.07) is -25.0. The summed E-state index contributed by atoms with van der Waals surface area (Å²) in [4.78, 5) is 243. The molecule has 0 radical (unpaired) electrons. The molecule has 0 saturated carbocycles. The van der Waals surface area contributed by atoms with Crippen molar-refractivity contribution in [2.75, 3.05) is 26.2 Å². The molecule has 49 heteroatoms. The highest BCUT2D eigenvalue weighted by molar-refractivity contribution is 6.02. The Hall–Kier alpha value is -12.3. The number of nitrogens with one attached hydrogen (secondary N) is 17. The van der Waals surface area contributed by atoms with Crippen LogP contribution in [0, 0.1) is 16.2 Å². The van der Waals surface area contributed by atoms with Crippen LogP contribution in [-0.2, 0) is 91.1 Å². The Morgan fingerprint density at radius 1 is 0.297 bits per heavy atom. The van der Waals surface area contributed by atoms with Crippen molar-refractivity contribution in [2.24, 2.45) is 22.9 Å². The molecule has 12 unspecified atom stereocenters. The normalized spacial score (nSPS) is 14.2. The van der Waals surface area contributed by atoms with Crippen molar-refractivity contribution >= 4 is 131 Å². The first kappa shape index (κ1) is 88.7. The summed E-state index contributed by atoms with van der Waals surface area (Å²) in [6.07, 6.45) is -9.99.